The van der Waals surface area contributed by atoms with Crippen molar-refractivity contribution < 1.29 is 14.3 Å². The molecule has 29 heavy (non-hydrogen) atoms. The van der Waals surface area contributed by atoms with Gasteiger partial charge in [0, 0.05) is 22.9 Å². The molecule has 5 heteroatoms. The third-order valence-electron chi connectivity index (χ3n) is 5.39. The molecule has 1 saturated carbocycles. The quantitative estimate of drug-likeness (QED) is 0.639. The van der Waals surface area contributed by atoms with Gasteiger partial charge in [0.15, 0.2) is 0 Å². The number of nitrogens with one attached hydrogen (secondary N) is 2. The maximum absolute atomic E-state index is 12.5. The van der Waals surface area contributed by atoms with Crippen LogP contribution < -0.4 is 15.4 Å². The minimum atomic E-state index is -0.198. The molecule has 3 rings (SSSR count). The summed E-state index contributed by atoms with van der Waals surface area (Å²) in [6.45, 7) is 4.08. The number of hydrogen-bond acceptors (Lipinski definition) is 3. The molecule has 0 saturated heterocycles. The summed E-state index contributed by atoms with van der Waals surface area (Å²) in [6, 6.07) is 14.4. The van der Waals surface area contributed by atoms with Gasteiger partial charge < -0.3 is 15.4 Å². The predicted molar refractivity (Wildman–Crippen MR) is 116 cm³/mol. The highest BCUT2D eigenvalue weighted by Crippen LogP contribution is 2.25. The van der Waals surface area contributed by atoms with Gasteiger partial charge in [-0.2, -0.15) is 0 Å². The summed E-state index contributed by atoms with van der Waals surface area (Å²) in [6.07, 6.45) is 6.44. The van der Waals surface area contributed by atoms with Crippen LogP contribution in [0.25, 0.3) is 0 Å². The first kappa shape index (κ1) is 20.9. The van der Waals surface area contributed by atoms with E-state index >= 15 is 0 Å². The molecular formula is C24H30N2O3. The summed E-state index contributed by atoms with van der Waals surface area (Å²) >= 11 is 0. The zero-order valence-electron chi connectivity index (χ0n) is 17.2. The summed E-state index contributed by atoms with van der Waals surface area (Å²) in [5.74, 6) is 0.724. The molecule has 1 fully saturated rings. The summed E-state index contributed by atoms with van der Waals surface area (Å²) < 4.78 is 5.75. The Kier molecular flexibility index (Phi) is 7.28. The van der Waals surface area contributed by atoms with Crippen molar-refractivity contribution in [3.63, 3.8) is 0 Å². The molecule has 2 N–H and O–H groups in total. The van der Waals surface area contributed by atoms with Gasteiger partial charge in [-0.05, 0) is 68.7 Å². The van der Waals surface area contributed by atoms with Crippen LogP contribution in [0.2, 0.25) is 0 Å². The molecule has 0 bridgehead atoms. The second kappa shape index (κ2) is 10.1. The zero-order chi connectivity index (χ0) is 20.6. The van der Waals surface area contributed by atoms with Gasteiger partial charge in [0.1, 0.15) is 5.75 Å². The summed E-state index contributed by atoms with van der Waals surface area (Å²) in [5, 5.41) is 5.88. The minimum Gasteiger partial charge on any atom is -0.491 e. The van der Waals surface area contributed by atoms with E-state index < -0.39 is 0 Å². The number of rotatable bonds is 7. The molecule has 1 unspecified atom stereocenters. The first-order chi connectivity index (χ1) is 14.0. The molecule has 154 valence electrons. The Morgan fingerprint density at radius 1 is 1.00 bits per heavy atom. The maximum Gasteiger partial charge on any atom is 0.255 e. The Morgan fingerprint density at radius 2 is 1.66 bits per heavy atom. The number of ether oxygens (including phenoxy) is 1. The second-order valence-electron chi connectivity index (χ2n) is 7.72. The fraction of sp³-hybridized carbons (Fsp3) is 0.417. The number of carbonyl (C=O) groups is 2. The van der Waals surface area contributed by atoms with Crippen molar-refractivity contribution in [1.29, 1.82) is 0 Å². The Labute approximate surface area is 172 Å². The van der Waals surface area contributed by atoms with Crippen LogP contribution in [0.1, 0.15) is 62.7 Å². The summed E-state index contributed by atoms with van der Waals surface area (Å²) in [7, 11) is 0. The molecule has 1 aliphatic carbocycles. The van der Waals surface area contributed by atoms with Crippen LogP contribution in [-0.4, -0.2) is 17.9 Å². The molecular weight excluding hydrogens is 364 g/mol. The topological polar surface area (TPSA) is 67.4 Å². The van der Waals surface area contributed by atoms with E-state index in [0.717, 1.165) is 37.9 Å². The van der Waals surface area contributed by atoms with E-state index in [-0.39, 0.29) is 23.8 Å². The lowest BCUT2D eigenvalue weighted by atomic mass is 9.88. The molecule has 0 radical (unpaired) electrons. The Balaban J connectivity index is 1.59. The smallest absolute Gasteiger partial charge is 0.255 e. The zero-order valence-corrected chi connectivity index (χ0v) is 17.2. The number of amides is 2. The van der Waals surface area contributed by atoms with Crippen LogP contribution in [-0.2, 0) is 4.79 Å². The van der Waals surface area contributed by atoms with E-state index in [1.807, 2.05) is 37.3 Å². The van der Waals surface area contributed by atoms with Crippen LogP contribution in [0.15, 0.2) is 48.5 Å². The van der Waals surface area contributed by atoms with E-state index in [9.17, 15) is 9.59 Å². The lowest BCUT2D eigenvalue weighted by Gasteiger charge is -2.20. The number of carbonyl (C=O) groups excluding carboxylic acids is 2. The largest absolute Gasteiger partial charge is 0.491 e. The molecule has 2 aromatic carbocycles. The number of hydrogen-bond donors (Lipinski definition) is 2. The van der Waals surface area contributed by atoms with E-state index in [4.69, 9.17) is 4.74 Å². The molecule has 2 aromatic rings. The van der Waals surface area contributed by atoms with Crippen molar-refractivity contribution in [2.45, 2.75) is 58.5 Å². The van der Waals surface area contributed by atoms with Gasteiger partial charge >= 0.3 is 0 Å². The lowest BCUT2D eigenvalue weighted by Crippen LogP contribution is -2.24. The fourth-order valence-electron chi connectivity index (χ4n) is 3.49. The maximum atomic E-state index is 12.5. The van der Waals surface area contributed by atoms with Gasteiger partial charge in [-0.3, -0.25) is 9.59 Å². The standard InChI is InChI=1S/C24H30N2O3/c1-3-17(2)29-22-14-12-19(13-15-22)24(28)26-21-11-7-10-20(16-21)25-23(27)18-8-5-4-6-9-18/h7,10-18H,3-6,8-9H2,1-2H3,(H,25,27)(H,26,28). The van der Waals surface area contributed by atoms with E-state index in [2.05, 4.69) is 17.6 Å². The van der Waals surface area contributed by atoms with Crippen molar-refractivity contribution in [3.8, 4) is 5.75 Å². The highest BCUT2D eigenvalue weighted by atomic mass is 16.5. The summed E-state index contributed by atoms with van der Waals surface area (Å²) in [4.78, 5) is 25.0. The van der Waals surface area contributed by atoms with E-state index in [1.54, 1.807) is 18.2 Å². The molecule has 0 aromatic heterocycles. The first-order valence-corrected chi connectivity index (χ1v) is 10.5. The third-order valence-corrected chi connectivity index (χ3v) is 5.39. The monoisotopic (exact) mass is 394 g/mol. The molecule has 5 nitrogen and oxygen atoms in total. The molecule has 0 aliphatic heterocycles. The molecule has 1 atom stereocenters. The molecule has 0 spiro atoms. The Morgan fingerprint density at radius 3 is 2.31 bits per heavy atom. The summed E-state index contributed by atoms with van der Waals surface area (Å²) in [5.41, 5.74) is 1.91. The van der Waals surface area contributed by atoms with E-state index in [1.165, 1.54) is 6.42 Å². The molecule has 1 aliphatic rings. The van der Waals surface area contributed by atoms with Gasteiger partial charge in [0.05, 0.1) is 6.10 Å². The third kappa shape index (κ3) is 6.08. The van der Waals surface area contributed by atoms with E-state index in [0.29, 0.717) is 16.9 Å². The van der Waals surface area contributed by atoms with Gasteiger partial charge in [0.25, 0.3) is 5.91 Å². The highest BCUT2D eigenvalue weighted by Gasteiger charge is 2.21. The van der Waals surface area contributed by atoms with Gasteiger partial charge in [-0.15, -0.1) is 0 Å². The Hall–Kier alpha value is -2.82. The fourth-order valence-corrected chi connectivity index (χ4v) is 3.49. The average molecular weight is 395 g/mol. The number of benzene rings is 2. The molecule has 2 amide bonds. The van der Waals surface area contributed by atoms with Crippen molar-refractivity contribution >= 4 is 23.2 Å². The van der Waals surface area contributed by atoms with Gasteiger partial charge in [-0.1, -0.05) is 32.3 Å². The van der Waals surface area contributed by atoms with Crippen molar-refractivity contribution in [3.05, 3.63) is 54.1 Å². The van der Waals surface area contributed by atoms with Crippen LogP contribution in [0, 0.1) is 5.92 Å². The van der Waals surface area contributed by atoms with Gasteiger partial charge in [0.2, 0.25) is 5.91 Å². The van der Waals surface area contributed by atoms with Crippen LogP contribution in [0.4, 0.5) is 11.4 Å². The number of anilines is 2. The lowest BCUT2D eigenvalue weighted by molar-refractivity contribution is -0.120. The highest BCUT2D eigenvalue weighted by molar-refractivity contribution is 6.04. The van der Waals surface area contributed by atoms with Crippen molar-refractivity contribution in [2.75, 3.05) is 10.6 Å². The van der Waals surface area contributed by atoms with Crippen molar-refractivity contribution in [2.24, 2.45) is 5.92 Å². The molecule has 0 heterocycles. The second-order valence-corrected chi connectivity index (χ2v) is 7.72. The van der Waals surface area contributed by atoms with Crippen LogP contribution in [0.3, 0.4) is 0 Å². The first-order valence-electron chi connectivity index (χ1n) is 10.5. The van der Waals surface area contributed by atoms with Crippen LogP contribution in [0.5, 0.6) is 5.75 Å². The van der Waals surface area contributed by atoms with Crippen LogP contribution >= 0.6 is 0 Å². The predicted octanol–water partition coefficient (Wildman–Crippen LogP) is 5.64. The Bertz CT molecular complexity index is 826. The average Bonchev–Trinajstić information content (AvgIpc) is 2.75. The SMILES string of the molecule is CCC(C)Oc1ccc(C(=O)Nc2cccc(NC(=O)C3CCCCC3)c2)cc1. The van der Waals surface area contributed by atoms with Crippen molar-refractivity contribution in [1.82, 2.24) is 0 Å². The minimum absolute atomic E-state index is 0.0741. The van der Waals surface area contributed by atoms with Gasteiger partial charge in [-0.25, -0.2) is 0 Å². The normalized spacial score (nSPS) is 15.4.